The molecule has 1 atom stereocenters. The third-order valence-electron chi connectivity index (χ3n) is 5.13. The van der Waals surface area contributed by atoms with Gasteiger partial charge in [0, 0.05) is 6.54 Å². The summed E-state index contributed by atoms with van der Waals surface area (Å²) >= 11 is 0. The first kappa shape index (κ1) is 35.2. The number of guanidine groups is 1. The topological polar surface area (TPSA) is 225 Å². The Kier molecular flexibility index (Phi) is 14.7. The zero-order valence-corrected chi connectivity index (χ0v) is 24.4. The van der Waals surface area contributed by atoms with Crippen LogP contribution in [-0.4, -0.2) is 50.5 Å². The molecular formula is C27H36N4O8S2. The minimum Gasteiger partial charge on any atom is -0.460 e. The van der Waals surface area contributed by atoms with E-state index < -0.39 is 32.2 Å². The van der Waals surface area contributed by atoms with Crippen LogP contribution >= 0.6 is 0 Å². The SMILES string of the molecule is Cc1ccc(S(=O)(=O)O)cc1.Cc1ccc(S(=O)(=O)O)cc1.NC(N)=NCCCC(N)C(=O)OCc1ccccc1. The van der Waals surface area contributed by atoms with E-state index >= 15 is 0 Å². The number of ether oxygens (including phenoxy) is 1. The van der Waals surface area contributed by atoms with Gasteiger partial charge in [0.15, 0.2) is 5.96 Å². The molecule has 224 valence electrons. The van der Waals surface area contributed by atoms with Crippen LogP contribution in [0.15, 0.2) is 93.6 Å². The molecule has 0 saturated heterocycles. The summed E-state index contributed by atoms with van der Waals surface area (Å²) in [6.45, 7) is 4.38. The number of hydrogen-bond acceptors (Lipinski definition) is 8. The molecule has 41 heavy (non-hydrogen) atoms. The van der Waals surface area contributed by atoms with E-state index in [-0.39, 0.29) is 22.4 Å². The maximum Gasteiger partial charge on any atom is 0.323 e. The Morgan fingerprint density at radius 1 is 0.805 bits per heavy atom. The molecule has 0 saturated carbocycles. The lowest BCUT2D eigenvalue weighted by Crippen LogP contribution is -2.32. The van der Waals surface area contributed by atoms with Crippen molar-refractivity contribution in [2.24, 2.45) is 22.2 Å². The highest BCUT2D eigenvalue weighted by molar-refractivity contribution is 7.86. The van der Waals surface area contributed by atoms with Crippen molar-refractivity contribution < 1.29 is 35.5 Å². The fourth-order valence-corrected chi connectivity index (χ4v) is 3.85. The van der Waals surface area contributed by atoms with E-state index in [1.54, 1.807) is 24.3 Å². The van der Waals surface area contributed by atoms with Gasteiger partial charge in [0.1, 0.15) is 12.6 Å². The number of nitrogens with two attached hydrogens (primary N) is 3. The molecule has 14 heteroatoms. The first-order chi connectivity index (χ1) is 19.1. The number of carbonyl (C=O) groups is 1. The Labute approximate surface area is 240 Å². The predicted molar refractivity (Wildman–Crippen MR) is 156 cm³/mol. The normalized spacial score (nSPS) is 11.5. The number of hydrogen-bond donors (Lipinski definition) is 5. The van der Waals surface area contributed by atoms with E-state index in [9.17, 15) is 21.6 Å². The molecular weight excluding hydrogens is 572 g/mol. The molecule has 0 aliphatic heterocycles. The minimum atomic E-state index is -4.02. The summed E-state index contributed by atoms with van der Waals surface area (Å²) in [5.74, 6) is -0.367. The molecule has 0 fully saturated rings. The van der Waals surface area contributed by atoms with Gasteiger partial charge in [0.05, 0.1) is 9.79 Å². The number of aliphatic imine (C=N–C) groups is 1. The van der Waals surface area contributed by atoms with Crippen LogP contribution in [0.1, 0.15) is 29.5 Å². The van der Waals surface area contributed by atoms with Crippen molar-refractivity contribution in [3.8, 4) is 0 Å². The molecule has 0 bridgehead atoms. The van der Waals surface area contributed by atoms with E-state index in [0.717, 1.165) is 16.7 Å². The number of nitrogens with zero attached hydrogens (tertiary/aromatic N) is 1. The molecule has 3 rings (SSSR count). The summed E-state index contributed by atoms with van der Waals surface area (Å²) in [5, 5.41) is 0. The number of rotatable bonds is 9. The monoisotopic (exact) mass is 608 g/mol. The van der Waals surface area contributed by atoms with Crippen molar-refractivity contribution in [2.45, 2.75) is 49.1 Å². The maximum absolute atomic E-state index is 11.6. The van der Waals surface area contributed by atoms with Crippen molar-refractivity contribution in [1.82, 2.24) is 0 Å². The largest absolute Gasteiger partial charge is 0.460 e. The van der Waals surface area contributed by atoms with Crippen LogP contribution in [0.2, 0.25) is 0 Å². The second-order valence-electron chi connectivity index (χ2n) is 8.72. The Morgan fingerprint density at radius 2 is 1.24 bits per heavy atom. The molecule has 0 aliphatic rings. The molecule has 1 unspecified atom stereocenters. The zero-order valence-electron chi connectivity index (χ0n) is 22.8. The molecule has 3 aromatic carbocycles. The summed E-state index contributed by atoms with van der Waals surface area (Å²) in [6.07, 6.45) is 1.13. The summed E-state index contributed by atoms with van der Waals surface area (Å²) in [7, 11) is -8.04. The van der Waals surface area contributed by atoms with Gasteiger partial charge < -0.3 is 21.9 Å². The lowest BCUT2D eigenvalue weighted by molar-refractivity contribution is -0.146. The van der Waals surface area contributed by atoms with Crippen LogP contribution < -0.4 is 17.2 Å². The zero-order chi connectivity index (χ0) is 31.1. The number of carbonyl (C=O) groups excluding carboxylic acids is 1. The molecule has 12 nitrogen and oxygen atoms in total. The summed E-state index contributed by atoms with van der Waals surface area (Å²) in [6, 6.07) is 20.8. The van der Waals surface area contributed by atoms with E-state index in [1.165, 1.54) is 24.3 Å². The highest BCUT2D eigenvalue weighted by atomic mass is 32.2. The highest BCUT2D eigenvalue weighted by Crippen LogP contribution is 2.09. The van der Waals surface area contributed by atoms with Crippen molar-refractivity contribution in [1.29, 1.82) is 0 Å². The molecule has 8 N–H and O–H groups in total. The van der Waals surface area contributed by atoms with Crippen molar-refractivity contribution in [3.05, 3.63) is 95.6 Å². The fourth-order valence-electron chi connectivity index (χ4n) is 2.89. The molecule has 0 heterocycles. The Hall–Kier alpha value is -3.82. The Morgan fingerprint density at radius 3 is 1.63 bits per heavy atom. The second-order valence-corrected chi connectivity index (χ2v) is 11.6. The van der Waals surface area contributed by atoms with Gasteiger partial charge in [-0.05, 0) is 56.5 Å². The predicted octanol–water partition coefficient (Wildman–Crippen LogP) is 2.59. The quantitative estimate of drug-likeness (QED) is 0.0780. The van der Waals surface area contributed by atoms with Gasteiger partial charge in [-0.3, -0.25) is 18.9 Å². The lowest BCUT2D eigenvalue weighted by atomic mass is 10.2. The number of benzene rings is 3. The highest BCUT2D eigenvalue weighted by Gasteiger charge is 2.14. The molecule has 0 aliphatic carbocycles. The summed E-state index contributed by atoms with van der Waals surface area (Å²) in [5.41, 5.74) is 18.9. The van der Waals surface area contributed by atoms with Crippen LogP contribution in [-0.2, 0) is 36.4 Å². The first-order valence-electron chi connectivity index (χ1n) is 12.2. The third kappa shape index (κ3) is 15.5. The molecule has 0 aromatic heterocycles. The van der Waals surface area contributed by atoms with E-state index in [4.69, 9.17) is 31.0 Å². The second kappa shape index (κ2) is 17.1. The van der Waals surface area contributed by atoms with Gasteiger partial charge in [-0.15, -0.1) is 0 Å². The van der Waals surface area contributed by atoms with Gasteiger partial charge in [-0.25, -0.2) is 0 Å². The van der Waals surface area contributed by atoms with Crippen LogP contribution in [0.4, 0.5) is 0 Å². The van der Waals surface area contributed by atoms with Crippen molar-refractivity contribution in [2.75, 3.05) is 6.54 Å². The van der Waals surface area contributed by atoms with Crippen molar-refractivity contribution >= 4 is 32.2 Å². The van der Waals surface area contributed by atoms with E-state index in [0.29, 0.717) is 19.4 Å². The van der Waals surface area contributed by atoms with Crippen LogP contribution in [0, 0.1) is 13.8 Å². The smallest absolute Gasteiger partial charge is 0.323 e. The number of esters is 1. The molecule has 0 spiro atoms. The molecule has 0 radical (unpaired) electrons. The summed E-state index contributed by atoms with van der Waals surface area (Å²) in [4.78, 5) is 15.3. The van der Waals surface area contributed by atoms with Gasteiger partial charge in [-0.2, -0.15) is 16.8 Å². The van der Waals surface area contributed by atoms with Crippen LogP contribution in [0.5, 0.6) is 0 Å². The van der Waals surface area contributed by atoms with Crippen LogP contribution in [0.25, 0.3) is 0 Å². The van der Waals surface area contributed by atoms with Gasteiger partial charge in [0.25, 0.3) is 20.2 Å². The standard InChI is InChI=1S/C13H20N4O2.2C7H8O3S/c14-11(7-4-8-17-13(15)16)12(18)19-9-10-5-2-1-3-6-10;2*1-6-2-4-7(5-3-6)11(8,9)10/h1-3,5-6,11H,4,7-9,14H2,(H4,15,16,17);2*2-5H,1H3,(H,8,9,10). The lowest BCUT2D eigenvalue weighted by Gasteiger charge is -2.10. The molecule has 3 aromatic rings. The van der Waals surface area contributed by atoms with Crippen molar-refractivity contribution in [3.63, 3.8) is 0 Å². The maximum atomic E-state index is 11.6. The average molecular weight is 609 g/mol. The minimum absolute atomic E-state index is 0.0419. The fraction of sp³-hybridized carbons (Fsp3) is 0.259. The first-order valence-corrected chi connectivity index (χ1v) is 15.1. The van der Waals surface area contributed by atoms with Crippen LogP contribution in [0.3, 0.4) is 0 Å². The van der Waals surface area contributed by atoms with E-state index in [2.05, 4.69) is 4.99 Å². The Bertz CT molecular complexity index is 1380. The third-order valence-corrected chi connectivity index (χ3v) is 6.87. The Balaban J connectivity index is 0.000000327. The number of aryl methyl sites for hydroxylation is 2. The van der Waals surface area contributed by atoms with Gasteiger partial charge in [0.2, 0.25) is 0 Å². The van der Waals surface area contributed by atoms with E-state index in [1.807, 2.05) is 44.2 Å². The molecule has 0 amide bonds. The average Bonchev–Trinajstić information content (AvgIpc) is 2.90. The summed E-state index contributed by atoms with van der Waals surface area (Å²) < 4.78 is 64.2. The van der Waals surface area contributed by atoms with Gasteiger partial charge >= 0.3 is 5.97 Å². The van der Waals surface area contributed by atoms with Gasteiger partial charge in [-0.1, -0.05) is 65.7 Å².